The number of hydrogen-bond donors (Lipinski definition) is 2. The van der Waals surface area contributed by atoms with E-state index < -0.39 is 5.97 Å². The number of hydrogen-bond acceptors (Lipinski definition) is 3. The SMILES string of the molecule is CC(C)(C)N(CCN)CC(=O)O.Cl. The van der Waals surface area contributed by atoms with Crippen LogP contribution in [0, 0.1) is 0 Å². The van der Waals surface area contributed by atoms with Crippen molar-refractivity contribution in [1.29, 1.82) is 0 Å². The number of carboxylic acids is 1. The Hall–Kier alpha value is -0.320. The maximum absolute atomic E-state index is 10.4. The Morgan fingerprint density at radius 3 is 2.15 bits per heavy atom. The largest absolute Gasteiger partial charge is 0.480 e. The fourth-order valence-electron chi connectivity index (χ4n) is 0.971. The highest BCUT2D eigenvalue weighted by Gasteiger charge is 2.22. The molecule has 0 bridgehead atoms. The van der Waals surface area contributed by atoms with E-state index in [2.05, 4.69) is 0 Å². The first-order valence-electron chi connectivity index (χ1n) is 4.05. The normalized spacial score (nSPS) is 11.2. The van der Waals surface area contributed by atoms with Crippen molar-refractivity contribution in [2.24, 2.45) is 5.73 Å². The van der Waals surface area contributed by atoms with Gasteiger partial charge in [-0.2, -0.15) is 0 Å². The molecule has 5 heteroatoms. The molecule has 0 atom stereocenters. The summed E-state index contributed by atoms with van der Waals surface area (Å²) in [5, 5.41) is 8.59. The molecule has 0 aromatic rings. The van der Waals surface area contributed by atoms with Gasteiger partial charge in [0.05, 0.1) is 6.54 Å². The van der Waals surface area contributed by atoms with Crippen molar-refractivity contribution in [2.75, 3.05) is 19.6 Å². The summed E-state index contributed by atoms with van der Waals surface area (Å²) in [5.74, 6) is -0.807. The summed E-state index contributed by atoms with van der Waals surface area (Å²) in [6.07, 6.45) is 0. The maximum atomic E-state index is 10.4. The summed E-state index contributed by atoms with van der Waals surface area (Å²) < 4.78 is 0. The molecule has 0 aromatic heterocycles. The lowest BCUT2D eigenvalue weighted by Crippen LogP contribution is -2.46. The van der Waals surface area contributed by atoms with E-state index in [1.807, 2.05) is 25.7 Å². The van der Waals surface area contributed by atoms with Gasteiger partial charge in [0.2, 0.25) is 0 Å². The molecule has 0 rings (SSSR count). The number of nitrogens with two attached hydrogens (primary N) is 1. The van der Waals surface area contributed by atoms with Crippen LogP contribution in [0.5, 0.6) is 0 Å². The zero-order chi connectivity index (χ0) is 9.78. The molecule has 0 saturated carbocycles. The van der Waals surface area contributed by atoms with Crippen LogP contribution in [0.15, 0.2) is 0 Å². The fraction of sp³-hybridized carbons (Fsp3) is 0.875. The average Bonchev–Trinajstić information content (AvgIpc) is 1.83. The third kappa shape index (κ3) is 6.81. The number of carboxylic acid groups (broad SMARTS) is 1. The van der Waals surface area contributed by atoms with Gasteiger partial charge in [-0.15, -0.1) is 12.4 Å². The third-order valence-electron chi connectivity index (χ3n) is 1.67. The minimum atomic E-state index is -0.807. The molecule has 4 nitrogen and oxygen atoms in total. The van der Waals surface area contributed by atoms with Gasteiger partial charge in [-0.05, 0) is 20.8 Å². The van der Waals surface area contributed by atoms with E-state index in [1.54, 1.807) is 0 Å². The number of halogens is 1. The molecule has 0 heterocycles. The third-order valence-corrected chi connectivity index (χ3v) is 1.67. The van der Waals surface area contributed by atoms with Crippen molar-refractivity contribution >= 4 is 18.4 Å². The van der Waals surface area contributed by atoms with Gasteiger partial charge in [0.1, 0.15) is 0 Å². The average molecular weight is 211 g/mol. The molecule has 0 spiro atoms. The van der Waals surface area contributed by atoms with E-state index in [-0.39, 0.29) is 24.5 Å². The summed E-state index contributed by atoms with van der Waals surface area (Å²) in [7, 11) is 0. The summed E-state index contributed by atoms with van der Waals surface area (Å²) >= 11 is 0. The molecule has 0 saturated heterocycles. The summed E-state index contributed by atoms with van der Waals surface area (Å²) in [6.45, 7) is 7.10. The lowest BCUT2D eigenvalue weighted by molar-refractivity contribution is -0.139. The van der Waals surface area contributed by atoms with Crippen molar-refractivity contribution in [3.8, 4) is 0 Å². The lowest BCUT2D eigenvalue weighted by atomic mass is 10.1. The van der Waals surface area contributed by atoms with Crippen LogP contribution in [-0.2, 0) is 4.79 Å². The molecule has 0 unspecified atom stereocenters. The molecule has 0 aromatic carbocycles. The van der Waals surface area contributed by atoms with Crippen LogP contribution in [0.2, 0.25) is 0 Å². The highest BCUT2D eigenvalue weighted by Crippen LogP contribution is 2.11. The minimum Gasteiger partial charge on any atom is -0.480 e. The van der Waals surface area contributed by atoms with Gasteiger partial charge in [0.25, 0.3) is 0 Å². The molecule has 0 aliphatic rings. The van der Waals surface area contributed by atoms with Crippen molar-refractivity contribution in [1.82, 2.24) is 4.90 Å². The molecule has 0 fully saturated rings. The van der Waals surface area contributed by atoms with Gasteiger partial charge in [-0.1, -0.05) is 0 Å². The van der Waals surface area contributed by atoms with Gasteiger partial charge < -0.3 is 10.8 Å². The van der Waals surface area contributed by atoms with Gasteiger partial charge in [-0.3, -0.25) is 9.69 Å². The predicted octanol–water partition coefficient (Wildman–Crippen LogP) is 0.552. The van der Waals surface area contributed by atoms with Crippen LogP contribution in [0.25, 0.3) is 0 Å². The van der Waals surface area contributed by atoms with Crippen molar-refractivity contribution < 1.29 is 9.90 Å². The van der Waals surface area contributed by atoms with E-state index >= 15 is 0 Å². The first kappa shape index (κ1) is 15.2. The summed E-state index contributed by atoms with van der Waals surface area (Å²) in [4.78, 5) is 12.3. The van der Waals surface area contributed by atoms with Gasteiger partial charge >= 0.3 is 5.97 Å². The number of aliphatic carboxylic acids is 1. The zero-order valence-corrected chi connectivity index (χ0v) is 9.23. The molecular formula is C8H19ClN2O2. The van der Waals surface area contributed by atoms with Crippen molar-refractivity contribution in [2.45, 2.75) is 26.3 Å². The second-order valence-electron chi connectivity index (χ2n) is 3.77. The Kier molecular flexibility index (Phi) is 7.21. The Labute approximate surface area is 85.5 Å². The highest BCUT2D eigenvalue weighted by molar-refractivity contribution is 5.85. The van der Waals surface area contributed by atoms with Crippen molar-refractivity contribution in [3.63, 3.8) is 0 Å². The van der Waals surface area contributed by atoms with E-state index in [9.17, 15) is 4.79 Å². The smallest absolute Gasteiger partial charge is 0.317 e. The minimum absolute atomic E-state index is 0. The molecule has 0 amide bonds. The van der Waals surface area contributed by atoms with Gasteiger partial charge in [-0.25, -0.2) is 0 Å². The first-order chi connectivity index (χ1) is 5.38. The number of carbonyl (C=O) groups is 1. The van der Waals surface area contributed by atoms with Crippen LogP contribution in [0.3, 0.4) is 0 Å². The monoisotopic (exact) mass is 210 g/mol. The molecule has 13 heavy (non-hydrogen) atoms. The second kappa shape index (κ2) is 6.18. The summed E-state index contributed by atoms with van der Waals surface area (Å²) in [6, 6.07) is 0. The van der Waals surface area contributed by atoms with Crippen LogP contribution in [0.4, 0.5) is 0 Å². The van der Waals surface area contributed by atoms with E-state index in [4.69, 9.17) is 10.8 Å². The van der Waals surface area contributed by atoms with Gasteiger partial charge in [0, 0.05) is 18.6 Å². The highest BCUT2D eigenvalue weighted by atomic mass is 35.5. The molecule has 80 valence electrons. The van der Waals surface area contributed by atoms with E-state index in [0.717, 1.165) is 0 Å². The standard InChI is InChI=1S/C8H18N2O2.ClH/c1-8(2,3)10(5-4-9)6-7(11)12;/h4-6,9H2,1-3H3,(H,11,12);1H. The van der Waals surface area contributed by atoms with Crippen LogP contribution < -0.4 is 5.73 Å². The lowest BCUT2D eigenvalue weighted by Gasteiger charge is -2.33. The predicted molar refractivity (Wildman–Crippen MR) is 55.3 cm³/mol. The van der Waals surface area contributed by atoms with Crippen LogP contribution in [-0.4, -0.2) is 41.1 Å². The number of nitrogens with zero attached hydrogens (tertiary/aromatic N) is 1. The fourth-order valence-corrected chi connectivity index (χ4v) is 0.971. The maximum Gasteiger partial charge on any atom is 0.317 e. The van der Waals surface area contributed by atoms with Crippen LogP contribution >= 0.6 is 12.4 Å². The molecule has 0 aliphatic heterocycles. The topological polar surface area (TPSA) is 66.6 Å². The Bertz CT molecular complexity index is 157. The Morgan fingerprint density at radius 1 is 1.46 bits per heavy atom. The Morgan fingerprint density at radius 2 is 1.92 bits per heavy atom. The zero-order valence-electron chi connectivity index (χ0n) is 8.41. The Balaban J connectivity index is 0. The van der Waals surface area contributed by atoms with E-state index in [1.165, 1.54) is 0 Å². The molecule has 0 aliphatic carbocycles. The van der Waals surface area contributed by atoms with E-state index in [0.29, 0.717) is 13.1 Å². The second-order valence-corrected chi connectivity index (χ2v) is 3.77. The first-order valence-corrected chi connectivity index (χ1v) is 4.05. The molecule has 0 radical (unpaired) electrons. The molecule has 3 N–H and O–H groups in total. The van der Waals surface area contributed by atoms with Crippen molar-refractivity contribution in [3.05, 3.63) is 0 Å². The quantitative estimate of drug-likeness (QED) is 0.712. The van der Waals surface area contributed by atoms with Gasteiger partial charge in [0.15, 0.2) is 0 Å². The summed E-state index contributed by atoms with van der Waals surface area (Å²) in [5.41, 5.74) is 5.24. The number of rotatable bonds is 4. The molecular weight excluding hydrogens is 192 g/mol. The van der Waals surface area contributed by atoms with Crippen LogP contribution in [0.1, 0.15) is 20.8 Å².